The quantitative estimate of drug-likeness (QED) is 0.0657. The van der Waals surface area contributed by atoms with Crippen LogP contribution in [0, 0.1) is 0 Å². The molecule has 83 heavy (non-hydrogen) atoms. The first kappa shape index (κ1) is 63.2. The van der Waals surface area contributed by atoms with Gasteiger partial charge >= 0.3 is 55.4 Å². The third-order valence-electron chi connectivity index (χ3n) is 13.6. The van der Waals surface area contributed by atoms with E-state index in [0.29, 0.717) is 12.2 Å². The maximum atomic E-state index is 14.2. The van der Waals surface area contributed by atoms with Crippen LogP contribution in [0.4, 0.5) is 105 Å². The first-order valence-corrected chi connectivity index (χ1v) is 24.1. The lowest BCUT2D eigenvalue weighted by Gasteiger charge is -2.46. The van der Waals surface area contributed by atoms with E-state index in [0.717, 1.165) is 36.5 Å². The van der Waals surface area contributed by atoms with Crippen molar-refractivity contribution in [3.8, 4) is 0 Å². The molecule has 0 unspecified atom stereocenters. The Morgan fingerprint density at radius 1 is 0.398 bits per heavy atom. The van der Waals surface area contributed by atoms with E-state index < -0.39 is 195 Å². The van der Waals surface area contributed by atoms with Gasteiger partial charge in [-0.2, -0.15) is 132 Å². The molecular weight excluding hydrogens is 1170 g/mol. The van der Waals surface area contributed by atoms with Gasteiger partial charge in [-0.15, -0.1) is 0 Å². The molecule has 1 saturated carbocycles. The van der Waals surface area contributed by atoms with E-state index in [1.165, 1.54) is 12.0 Å². The molecule has 0 amide bonds. The summed E-state index contributed by atoms with van der Waals surface area (Å²) in [5, 5.41) is 2.01. The summed E-state index contributed by atoms with van der Waals surface area (Å²) < 4.78 is 349. The van der Waals surface area contributed by atoms with E-state index in [1.54, 1.807) is 0 Å². The number of pyridine rings is 1. The Kier molecular flexibility index (Phi) is 17.2. The Morgan fingerprint density at radius 3 is 1.01 bits per heavy atom. The average Bonchev–Trinajstić information content (AvgIpc) is 0.920. The number of hydrogen-bond donors (Lipinski definition) is 0. The predicted molar refractivity (Wildman–Crippen MR) is 252 cm³/mol. The fourth-order valence-corrected chi connectivity index (χ4v) is 9.86. The third kappa shape index (κ3) is 14.5. The molecule has 1 aromatic heterocycles. The Morgan fingerprint density at radius 2 is 0.699 bits per heavy atom. The number of hydrogen-bond acceptors (Lipinski definition) is 2. The van der Waals surface area contributed by atoms with E-state index in [9.17, 15) is 110 Å². The second-order valence-electron chi connectivity index (χ2n) is 19.3. The second-order valence-corrected chi connectivity index (χ2v) is 19.3. The SMILES string of the molecule is FC(F)(F)c1cc([B-](c2cc(C(F)(F)F)cc(C(F)(F)F)c2)(c2cc(C(F)(F)F)cc(C(F)(F)F)c2)c2cc(C(F)(F)F)cc(C(F)(F)F)c2)cc(C(F)(F)F)c1.O=C(OC1CCCCC1)c1c2ccccc2cc[n+]1Cc1ccccc1. The lowest BCUT2D eigenvalue weighted by molar-refractivity contribution is -0.689. The number of ether oxygens (including phenoxy) is 1. The molecule has 6 aromatic carbocycles. The van der Waals surface area contributed by atoms with Crippen LogP contribution in [0.3, 0.4) is 0 Å². The molecule has 444 valence electrons. The minimum absolute atomic E-state index is 0.0559. The first-order valence-electron chi connectivity index (χ1n) is 24.1. The molecule has 0 saturated heterocycles. The van der Waals surface area contributed by atoms with Gasteiger partial charge in [-0.05, 0) is 61.4 Å². The van der Waals surface area contributed by atoms with Crippen molar-refractivity contribution in [1.29, 1.82) is 0 Å². The molecule has 1 fully saturated rings. The lowest BCUT2D eigenvalue weighted by Crippen LogP contribution is -2.75. The van der Waals surface area contributed by atoms with E-state index in [1.807, 2.05) is 53.2 Å². The summed E-state index contributed by atoms with van der Waals surface area (Å²) in [6.07, 6.45) is -47.2. The van der Waals surface area contributed by atoms with E-state index in [2.05, 4.69) is 18.2 Å². The molecule has 8 rings (SSSR count). The number of nitrogens with zero attached hydrogens (tertiary/aromatic N) is 1. The van der Waals surface area contributed by atoms with Crippen LogP contribution in [-0.2, 0) is 60.7 Å². The largest absolute Gasteiger partial charge is 0.454 e. The minimum atomic E-state index is -6.13. The molecule has 1 aliphatic carbocycles. The first-order chi connectivity index (χ1) is 38.1. The van der Waals surface area contributed by atoms with Crippen molar-refractivity contribution in [2.24, 2.45) is 0 Å². The number of carbonyl (C=O) groups excluding carboxylic acids is 1. The number of rotatable bonds is 8. The van der Waals surface area contributed by atoms with Gasteiger partial charge in [0.1, 0.15) is 12.2 Å². The normalized spacial score (nSPS) is 14.6. The van der Waals surface area contributed by atoms with Crippen molar-refractivity contribution in [3.63, 3.8) is 0 Å². The molecular formula is C55H36BF24NO2. The maximum absolute atomic E-state index is 14.2. The molecule has 1 aliphatic rings. The standard InChI is InChI=1S/C32H12BF24.C23H24NO2/c34-25(35,36)13-1-14(26(37,38)39)6-21(5-13)33(22-7-15(27(40,41)42)2-16(8-22)28(43,44)45,23-9-17(29(46,47)48)3-18(10-23)30(49,50)51)24-11-19(31(52,53)54)4-20(12-24)32(55,56)57;25-23(26-20-12-5-2-6-13-20)22-21-14-8-7-11-19(21)15-16-24(22)17-18-9-3-1-4-10-18/h1-12H;1,3-4,7-11,14-16,20H,2,5-6,12-13,17H2/q-1;+1. The highest BCUT2D eigenvalue weighted by atomic mass is 19.4. The highest BCUT2D eigenvalue weighted by Crippen LogP contribution is 2.42. The van der Waals surface area contributed by atoms with Crippen LogP contribution < -0.4 is 26.4 Å². The Balaban J connectivity index is 0.000000313. The van der Waals surface area contributed by atoms with Crippen molar-refractivity contribution in [3.05, 3.63) is 195 Å². The molecule has 3 nitrogen and oxygen atoms in total. The Hall–Kier alpha value is -7.42. The molecule has 0 aliphatic heterocycles. The third-order valence-corrected chi connectivity index (χ3v) is 13.6. The summed E-state index contributed by atoms with van der Waals surface area (Å²) in [6.45, 7) is 0.654. The zero-order valence-corrected chi connectivity index (χ0v) is 41.5. The van der Waals surface area contributed by atoms with Crippen LogP contribution >= 0.6 is 0 Å². The Labute approximate surface area is 453 Å². The molecule has 0 N–H and O–H groups in total. The fraction of sp³-hybridized carbons (Fsp3) is 0.273. The Bertz CT molecular complexity index is 3040. The van der Waals surface area contributed by atoms with Gasteiger partial charge in [-0.3, -0.25) is 0 Å². The van der Waals surface area contributed by atoms with Crippen LogP contribution in [-0.4, -0.2) is 18.2 Å². The average molecular weight is 1210 g/mol. The van der Waals surface area contributed by atoms with E-state index in [-0.39, 0.29) is 12.1 Å². The highest BCUT2D eigenvalue weighted by Gasteiger charge is 2.47. The van der Waals surface area contributed by atoms with Crippen LogP contribution in [0.15, 0.2) is 140 Å². The van der Waals surface area contributed by atoms with Crippen molar-refractivity contribution in [2.75, 3.05) is 0 Å². The van der Waals surface area contributed by atoms with Gasteiger partial charge in [0.25, 0.3) is 5.69 Å². The molecule has 28 heteroatoms. The summed E-state index contributed by atoms with van der Waals surface area (Å²) >= 11 is 0. The summed E-state index contributed by atoms with van der Waals surface area (Å²) in [5.41, 5.74) is -28.4. The maximum Gasteiger partial charge on any atom is 0.416 e. The molecule has 0 radical (unpaired) electrons. The monoisotopic (exact) mass is 1210 g/mol. The minimum Gasteiger partial charge on any atom is -0.454 e. The van der Waals surface area contributed by atoms with Crippen molar-refractivity contribution in [1.82, 2.24) is 0 Å². The fourth-order valence-electron chi connectivity index (χ4n) is 9.86. The van der Waals surface area contributed by atoms with Gasteiger partial charge in [0.2, 0.25) is 0 Å². The van der Waals surface area contributed by atoms with Crippen molar-refractivity contribution in [2.45, 2.75) is 94.2 Å². The number of alkyl halides is 24. The van der Waals surface area contributed by atoms with Crippen LogP contribution in [0.2, 0.25) is 0 Å². The molecule has 0 bridgehead atoms. The van der Waals surface area contributed by atoms with Gasteiger partial charge in [0.15, 0.2) is 12.7 Å². The second kappa shape index (κ2) is 22.6. The zero-order chi connectivity index (χ0) is 61.7. The molecule has 1 heterocycles. The van der Waals surface area contributed by atoms with E-state index >= 15 is 0 Å². The molecule has 7 aromatic rings. The summed E-state index contributed by atoms with van der Waals surface area (Å²) in [5.74, 6) is -0.204. The highest BCUT2D eigenvalue weighted by molar-refractivity contribution is 7.20. The predicted octanol–water partition coefficient (Wildman–Crippen LogP) is 15.9. The van der Waals surface area contributed by atoms with Gasteiger partial charge < -0.3 is 4.74 Å². The van der Waals surface area contributed by atoms with Crippen LogP contribution in [0.5, 0.6) is 0 Å². The van der Waals surface area contributed by atoms with Crippen LogP contribution in [0.1, 0.15) is 92.7 Å². The summed E-state index contributed by atoms with van der Waals surface area (Å²) in [4.78, 5) is 13.1. The summed E-state index contributed by atoms with van der Waals surface area (Å²) in [6, 6.07) is 11.5. The number of aromatic nitrogens is 1. The van der Waals surface area contributed by atoms with Gasteiger partial charge in [0, 0.05) is 11.6 Å². The summed E-state index contributed by atoms with van der Waals surface area (Å²) in [7, 11) is 0. The number of halogens is 24. The van der Waals surface area contributed by atoms with Gasteiger partial charge in [0.05, 0.1) is 49.9 Å². The molecule has 0 spiro atoms. The lowest BCUT2D eigenvalue weighted by atomic mass is 9.12. The zero-order valence-electron chi connectivity index (χ0n) is 41.5. The smallest absolute Gasteiger partial charge is 0.416 e. The van der Waals surface area contributed by atoms with Gasteiger partial charge in [-0.25, -0.2) is 4.79 Å². The number of fused-ring (bicyclic) bond motifs is 1. The van der Waals surface area contributed by atoms with Crippen molar-refractivity contribution < 1.29 is 119 Å². The molecule has 0 atom stereocenters. The van der Waals surface area contributed by atoms with E-state index in [4.69, 9.17) is 4.74 Å². The van der Waals surface area contributed by atoms with Crippen LogP contribution in [0.25, 0.3) is 10.8 Å². The van der Waals surface area contributed by atoms with Gasteiger partial charge in [-0.1, -0.05) is 103 Å². The number of carbonyl (C=O) groups is 1. The number of benzene rings is 6. The topological polar surface area (TPSA) is 30.2 Å². The number of esters is 1. The van der Waals surface area contributed by atoms with Crippen molar-refractivity contribution >= 4 is 44.7 Å².